The molecule has 37 heavy (non-hydrogen) atoms. The van der Waals surface area contributed by atoms with Gasteiger partial charge in [0.25, 0.3) is 5.56 Å². The fourth-order valence-electron chi connectivity index (χ4n) is 4.52. The van der Waals surface area contributed by atoms with Crippen LogP contribution in [-0.2, 0) is 5.60 Å². The molecule has 0 aromatic carbocycles. The van der Waals surface area contributed by atoms with Crippen LogP contribution in [-0.4, -0.2) is 34.4 Å². The molecule has 5 rings (SSSR count). The van der Waals surface area contributed by atoms with E-state index in [4.69, 9.17) is 11.6 Å². The topological polar surface area (TPSA) is 98.7 Å². The molecule has 2 atom stereocenters. The number of nitrogens with zero attached hydrogens (tertiary/aromatic N) is 6. The number of hydrogen-bond acceptors (Lipinski definition) is 6. The predicted molar refractivity (Wildman–Crippen MR) is 134 cm³/mol. The van der Waals surface area contributed by atoms with Crippen LogP contribution in [0.25, 0.3) is 17.1 Å². The Labute approximate surface area is 216 Å². The second-order valence-corrected chi connectivity index (χ2v) is 10.2. The van der Waals surface area contributed by atoms with Crippen molar-refractivity contribution in [3.05, 3.63) is 86.6 Å². The second kappa shape index (κ2) is 9.11. The fraction of sp³-hybridized carbons (Fsp3) is 0.346. The van der Waals surface area contributed by atoms with E-state index in [1.807, 2.05) is 19.9 Å². The highest BCUT2D eigenvalue weighted by atomic mass is 35.5. The monoisotopic (exact) mass is 526 g/mol. The molecule has 0 amide bonds. The van der Waals surface area contributed by atoms with Crippen LogP contribution in [0.1, 0.15) is 67.0 Å². The quantitative estimate of drug-likeness (QED) is 0.377. The Morgan fingerprint density at radius 2 is 1.89 bits per heavy atom. The molecule has 0 radical (unpaired) electrons. The third-order valence-electron chi connectivity index (χ3n) is 6.54. The second-order valence-electron chi connectivity index (χ2n) is 9.82. The number of halogens is 3. The number of aliphatic hydroxyl groups is 1. The molecule has 0 spiro atoms. The van der Waals surface area contributed by atoms with Crippen LogP contribution in [0.4, 0.5) is 8.78 Å². The van der Waals surface area contributed by atoms with Crippen LogP contribution in [0.2, 0.25) is 5.02 Å². The molecule has 4 heterocycles. The average Bonchev–Trinajstić information content (AvgIpc) is 3.48. The van der Waals surface area contributed by atoms with Crippen molar-refractivity contribution in [2.24, 2.45) is 0 Å². The summed E-state index contributed by atoms with van der Waals surface area (Å²) >= 11 is 6.60. The summed E-state index contributed by atoms with van der Waals surface area (Å²) in [6.07, 6.45) is 5.14. The third-order valence-corrected chi connectivity index (χ3v) is 6.92. The van der Waals surface area contributed by atoms with E-state index in [0.29, 0.717) is 45.1 Å². The van der Waals surface area contributed by atoms with Crippen LogP contribution < -0.4 is 5.56 Å². The summed E-state index contributed by atoms with van der Waals surface area (Å²) in [5.74, 6) is 0.126. The summed E-state index contributed by atoms with van der Waals surface area (Å²) in [5.41, 5.74) is 2.71. The Hall–Kier alpha value is -3.50. The number of aryl methyl sites for hydroxylation is 2. The van der Waals surface area contributed by atoms with Crippen molar-refractivity contribution in [2.45, 2.75) is 58.1 Å². The maximum absolute atomic E-state index is 13.5. The first-order valence-corrected chi connectivity index (χ1v) is 12.1. The summed E-state index contributed by atoms with van der Waals surface area (Å²) in [5, 5.41) is 14.3. The van der Waals surface area contributed by atoms with Gasteiger partial charge in [0.2, 0.25) is 0 Å². The number of pyridine rings is 2. The van der Waals surface area contributed by atoms with Crippen molar-refractivity contribution >= 4 is 11.6 Å². The van der Waals surface area contributed by atoms with Gasteiger partial charge in [-0.15, -0.1) is 0 Å². The Morgan fingerprint density at radius 3 is 2.57 bits per heavy atom. The van der Waals surface area contributed by atoms with Crippen molar-refractivity contribution in [3.8, 4) is 17.1 Å². The number of rotatable bonds is 6. The number of aromatic nitrogens is 6. The first-order chi connectivity index (χ1) is 17.5. The van der Waals surface area contributed by atoms with Crippen molar-refractivity contribution in [2.75, 3.05) is 0 Å². The smallest absolute Gasteiger partial charge is 0.333 e. The van der Waals surface area contributed by atoms with Crippen LogP contribution in [0.5, 0.6) is 0 Å². The van der Waals surface area contributed by atoms with Crippen molar-refractivity contribution < 1.29 is 13.9 Å². The summed E-state index contributed by atoms with van der Waals surface area (Å²) in [7, 11) is 0. The van der Waals surface area contributed by atoms with Crippen LogP contribution >= 0.6 is 11.6 Å². The first kappa shape index (κ1) is 25.2. The Morgan fingerprint density at radius 1 is 1.14 bits per heavy atom. The van der Waals surface area contributed by atoms with Crippen LogP contribution in [0, 0.1) is 13.8 Å². The molecule has 0 bridgehead atoms. The minimum Gasteiger partial charge on any atom is -0.382 e. The normalized spacial score (nSPS) is 17.4. The zero-order valence-corrected chi connectivity index (χ0v) is 21.4. The number of alkyl halides is 2. The molecule has 1 N–H and O–H groups in total. The van der Waals surface area contributed by atoms with Crippen molar-refractivity contribution in [1.82, 2.24) is 29.3 Å². The summed E-state index contributed by atoms with van der Waals surface area (Å²) in [6, 6.07) is 6.89. The molecule has 1 aliphatic rings. The van der Waals surface area contributed by atoms with Crippen molar-refractivity contribution in [1.29, 1.82) is 0 Å². The lowest BCUT2D eigenvalue weighted by molar-refractivity contribution is 0.0561. The highest BCUT2D eigenvalue weighted by Crippen LogP contribution is 2.55. The van der Waals surface area contributed by atoms with Gasteiger partial charge in [-0.2, -0.15) is 13.9 Å². The molecule has 0 saturated heterocycles. The lowest BCUT2D eigenvalue weighted by Gasteiger charge is -2.17. The van der Waals surface area contributed by atoms with Crippen LogP contribution in [0.15, 0.2) is 47.7 Å². The molecule has 4 aromatic heterocycles. The van der Waals surface area contributed by atoms with Gasteiger partial charge in [-0.05, 0) is 75.4 Å². The van der Waals surface area contributed by atoms with E-state index in [9.17, 15) is 18.7 Å². The maximum atomic E-state index is 13.5. The van der Waals surface area contributed by atoms with Gasteiger partial charge in [-0.25, -0.2) is 14.6 Å². The molecular formula is C26H25ClF2N6O2. The minimum absolute atomic E-state index is 0.0649. The molecular weight excluding hydrogens is 502 g/mol. The van der Waals surface area contributed by atoms with Gasteiger partial charge >= 0.3 is 6.55 Å². The van der Waals surface area contributed by atoms with Gasteiger partial charge in [-0.3, -0.25) is 14.3 Å². The van der Waals surface area contributed by atoms with E-state index in [1.165, 1.54) is 10.8 Å². The van der Waals surface area contributed by atoms with E-state index < -0.39 is 12.2 Å². The molecule has 11 heteroatoms. The molecule has 192 valence electrons. The van der Waals surface area contributed by atoms with Gasteiger partial charge < -0.3 is 5.11 Å². The fourth-order valence-corrected chi connectivity index (χ4v) is 4.80. The Kier molecular flexibility index (Phi) is 6.19. The van der Waals surface area contributed by atoms with E-state index in [2.05, 4.69) is 20.1 Å². The summed E-state index contributed by atoms with van der Waals surface area (Å²) in [4.78, 5) is 26.6. The SMILES string of the molecule is Cc1cnc(-c2ccnc(C(C)(C)O)n2)cc1-n1c(C)cc([C@H]2C[C@@H]2c2ccn(C(F)F)n2)c(Cl)c1=O. The summed E-state index contributed by atoms with van der Waals surface area (Å²) in [6.45, 7) is 4.17. The third kappa shape index (κ3) is 4.67. The average molecular weight is 527 g/mol. The van der Waals surface area contributed by atoms with E-state index in [0.717, 1.165) is 5.56 Å². The molecule has 1 fully saturated rings. The lowest BCUT2D eigenvalue weighted by atomic mass is 10.1. The highest BCUT2D eigenvalue weighted by molar-refractivity contribution is 6.31. The van der Waals surface area contributed by atoms with Crippen LogP contribution in [0.3, 0.4) is 0 Å². The zero-order chi connectivity index (χ0) is 26.6. The minimum atomic E-state index is -2.70. The largest absolute Gasteiger partial charge is 0.382 e. The molecule has 0 aliphatic heterocycles. The molecule has 8 nitrogen and oxygen atoms in total. The van der Waals surface area contributed by atoms with E-state index >= 15 is 0 Å². The Bertz CT molecular complexity index is 1560. The molecule has 1 saturated carbocycles. The lowest BCUT2D eigenvalue weighted by Crippen LogP contribution is -2.23. The van der Waals surface area contributed by atoms with Gasteiger partial charge in [0, 0.05) is 30.2 Å². The maximum Gasteiger partial charge on any atom is 0.333 e. The zero-order valence-electron chi connectivity index (χ0n) is 20.7. The Balaban J connectivity index is 1.51. The van der Waals surface area contributed by atoms with E-state index in [1.54, 1.807) is 44.4 Å². The van der Waals surface area contributed by atoms with Crippen molar-refractivity contribution in [3.63, 3.8) is 0 Å². The molecule has 1 aliphatic carbocycles. The predicted octanol–water partition coefficient (Wildman–Crippen LogP) is 5.05. The van der Waals surface area contributed by atoms with Gasteiger partial charge in [0.15, 0.2) is 5.82 Å². The molecule has 4 aromatic rings. The van der Waals surface area contributed by atoms with Gasteiger partial charge in [-0.1, -0.05) is 11.6 Å². The van der Waals surface area contributed by atoms with E-state index in [-0.39, 0.29) is 28.2 Å². The van der Waals surface area contributed by atoms with Gasteiger partial charge in [0.1, 0.15) is 10.6 Å². The van der Waals surface area contributed by atoms with Gasteiger partial charge in [0.05, 0.1) is 22.8 Å². The molecule has 0 unspecified atom stereocenters. The summed E-state index contributed by atoms with van der Waals surface area (Å²) < 4.78 is 28.0. The number of hydrogen-bond donors (Lipinski definition) is 1. The standard InChI is InChI=1S/C26H25ClF2N6O2/c1-13-12-31-20(19-5-7-30-24(32-19)26(3,4)37)11-21(13)35-14(2)9-17(22(27)23(35)36)15-10-16(15)18-6-8-34(33-18)25(28)29/h5-9,11-12,15-16,25,37H,10H2,1-4H3/t15-,16-/m0/s1. The first-order valence-electron chi connectivity index (χ1n) is 11.7. The highest BCUT2D eigenvalue weighted by Gasteiger charge is 2.43.